The third-order valence-electron chi connectivity index (χ3n) is 2.08. The van der Waals surface area contributed by atoms with Crippen LogP contribution in [0.3, 0.4) is 0 Å². The van der Waals surface area contributed by atoms with Crippen molar-refractivity contribution in [3.63, 3.8) is 0 Å². The van der Waals surface area contributed by atoms with Crippen molar-refractivity contribution in [2.75, 3.05) is 0 Å². The lowest BCUT2D eigenvalue weighted by Gasteiger charge is -2.00. The SMILES string of the molecule is O=C(O)/C=C/c1ccc(-n2cccn2)cc1. The molecule has 0 saturated heterocycles. The molecule has 2 aromatic rings. The molecule has 1 aromatic heterocycles. The number of carbonyl (C=O) groups is 1. The van der Waals surface area contributed by atoms with E-state index in [2.05, 4.69) is 5.10 Å². The Morgan fingerprint density at radius 3 is 2.62 bits per heavy atom. The molecule has 1 aromatic carbocycles. The first-order valence-corrected chi connectivity index (χ1v) is 4.77. The van der Waals surface area contributed by atoms with Gasteiger partial charge in [-0.15, -0.1) is 0 Å². The average Bonchev–Trinajstić information content (AvgIpc) is 2.80. The first-order valence-electron chi connectivity index (χ1n) is 4.77. The van der Waals surface area contributed by atoms with Gasteiger partial charge < -0.3 is 5.11 Å². The van der Waals surface area contributed by atoms with Crippen molar-refractivity contribution in [2.24, 2.45) is 0 Å². The van der Waals surface area contributed by atoms with E-state index in [-0.39, 0.29) is 0 Å². The Morgan fingerprint density at radius 1 is 1.31 bits per heavy atom. The van der Waals surface area contributed by atoms with Crippen molar-refractivity contribution in [2.45, 2.75) is 0 Å². The van der Waals surface area contributed by atoms with Crippen LogP contribution in [0.15, 0.2) is 48.8 Å². The van der Waals surface area contributed by atoms with Crippen molar-refractivity contribution in [1.29, 1.82) is 0 Å². The second-order valence-corrected chi connectivity index (χ2v) is 3.21. The fourth-order valence-electron chi connectivity index (χ4n) is 1.33. The van der Waals surface area contributed by atoms with E-state index in [1.807, 2.05) is 36.5 Å². The van der Waals surface area contributed by atoms with Gasteiger partial charge in [0.15, 0.2) is 0 Å². The van der Waals surface area contributed by atoms with Crippen LogP contribution in [-0.4, -0.2) is 20.9 Å². The Balaban J connectivity index is 2.20. The van der Waals surface area contributed by atoms with E-state index in [0.717, 1.165) is 17.3 Å². The van der Waals surface area contributed by atoms with Crippen LogP contribution in [-0.2, 0) is 4.79 Å². The maximum Gasteiger partial charge on any atom is 0.328 e. The minimum absolute atomic E-state index is 0.846. The summed E-state index contributed by atoms with van der Waals surface area (Å²) in [6.07, 6.45) is 6.22. The number of carboxylic acids is 1. The second kappa shape index (κ2) is 4.44. The number of hydrogen-bond donors (Lipinski definition) is 1. The number of benzene rings is 1. The van der Waals surface area contributed by atoms with E-state index in [1.54, 1.807) is 17.0 Å². The molecule has 0 atom stereocenters. The number of hydrogen-bond acceptors (Lipinski definition) is 2. The Labute approximate surface area is 92.5 Å². The van der Waals surface area contributed by atoms with Crippen LogP contribution in [0.1, 0.15) is 5.56 Å². The topological polar surface area (TPSA) is 55.1 Å². The van der Waals surface area contributed by atoms with Gasteiger partial charge in [0.1, 0.15) is 0 Å². The van der Waals surface area contributed by atoms with Crippen molar-refractivity contribution in [3.05, 3.63) is 54.4 Å². The Hall–Kier alpha value is -2.36. The van der Waals surface area contributed by atoms with Gasteiger partial charge >= 0.3 is 5.97 Å². The van der Waals surface area contributed by atoms with Crippen molar-refractivity contribution in [1.82, 2.24) is 9.78 Å². The van der Waals surface area contributed by atoms with Crippen molar-refractivity contribution >= 4 is 12.0 Å². The highest BCUT2D eigenvalue weighted by molar-refractivity contribution is 5.85. The standard InChI is InChI=1S/C12H10N2O2/c15-12(16)7-4-10-2-5-11(6-3-10)14-9-1-8-13-14/h1-9H,(H,15,16)/b7-4+. The smallest absolute Gasteiger partial charge is 0.328 e. The fourth-order valence-corrected chi connectivity index (χ4v) is 1.33. The zero-order valence-electron chi connectivity index (χ0n) is 8.45. The lowest BCUT2D eigenvalue weighted by atomic mass is 10.2. The zero-order chi connectivity index (χ0) is 11.4. The summed E-state index contributed by atoms with van der Waals surface area (Å²) in [6.45, 7) is 0. The van der Waals surface area contributed by atoms with Gasteiger partial charge in [0.25, 0.3) is 0 Å². The van der Waals surface area contributed by atoms with Gasteiger partial charge in [0.2, 0.25) is 0 Å². The molecule has 4 heteroatoms. The molecule has 80 valence electrons. The summed E-state index contributed by atoms with van der Waals surface area (Å²) in [5.74, 6) is -0.948. The quantitative estimate of drug-likeness (QED) is 0.795. The predicted molar refractivity (Wildman–Crippen MR) is 60.2 cm³/mol. The summed E-state index contributed by atoms with van der Waals surface area (Å²) in [5, 5.41) is 12.6. The predicted octanol–water partition coefficient (Wildman–Crippen LogP) is 1.97. The third-order valence-corrected chi connectivity index (χ3v) is 2.08. The molecular weight excluding hydrogens is 204 g/mol. The number of aliphatic carboxylic acids is 1. The van der Waals surface area contributed by atoms with Gasteiger partial charge in [-0.1, -0.05) is 12.1 Å². The molecule has 2 rings (SSSR count). The molecule has 4 nitrogen and oxygen atoms in total. The van der Waals surface area contributed by atoms with Gasteiger partial charge in [-0.3, -0.25) is 0 Å². The van der Waals surface area contributed by atoms with Gasteiger partial charge in [-0.2, -0.15) is 5.10 Å². The van der Waals surface area contributed by atoms with Crippen LogP contribution in [0, 0.1) is 0 Å². The molecular formula is C12H10N2O2. The number of carboxylic acid groups (broad SMARTS) is 1. The number of rotatable bonds is 3. The van der Waals surface area contributed by atoms with Crippen LogP contribution >= 0.6 is 0 Å². The maximum absolute atomic E-state index is 10.3. The molecule has 0 aliphatic carbocycles. The van der Waals surface area contributed by atoms with Gasteiger partial charge in [0, 0.05) is 18.5 Å². The van der Waals surface area contributed by atoms with Crippen LogP contribution in [0.4, 0.5) is 0 Å². The van der Waals surface area contributed by atoms with Gasteiger partial charge in [-0.05, 0) is 29.8 Å². The fraction of sp³-hybridized carbons (Fsp3) is 0. The largest absolute Gasteiger partial charge is 0.478 e. The molecule has 0 amide bonds. The lowest BCUT2D eigenvalue weighted by molar-refractivity contribution is -0.131. The summed E-state index contributed by atoms with van der Waals surface area (Å²) in [4.78, 5) is 10.3. The Kier molecular flexibility index (Phi) is 2.82. The number of aromatic nitrogens is 2. The van der Waals surface area contributed by atoms with E-state index in [1.165, 1.54) is 0 Å². The van der Waals surface area contributed by atoms with Crippen LogP contribution in [0.25, 0.3) is 11.8 Å². The maximum atomic E-state index is 10.3. The van der Waals surface area contributed by atoms with E-state index >= 15 is 0 Å². The highest BCUT2D eigenvalue weighted by Gasteiger charge is 1.95. The summed E-state index contributed by atoms with van der Waals surface area (Å²) >= 11 is 0. The lowest BCUT2D eigenvalue weighted by Crippen LogP contribution is -1.93. The minimum Gasteiger partial charge on any atom is -0.478 e. The number of nitrogens with zero attached hydrogens (tertiary/aromatic N) is 2. The van der Waals surface area contributed by atoms with E-state index in [0.29, 0.717) is 0 Å². The molecule has 0 unspecified atom stereocenters. The molecule has 0 saturated carbocycles. The van der Waals surface area contributed by atoms with Crippen molar-refractivity contribution in [3.8, 4) is 5.69 Å². The molecule has 0 aliphatic heterocycles. The third kappa shape index (κ3) is 2.36. The normalized spacial score (nSPS) is 10.8. The Bertz CT molecular complexity index is 498. The summed E-state index contributed by atoms with van der Waals surface area (Å²) in [7, 11) is 0. The molecule has 0 spiro atoms. The second-order valence-electron chi connectivity index (χ2n) is 3.21. The van der Waals surface area contributed by atoms with Gasteiger partial charge in [-0.25, -0.2) is 9.48 Å². The summed E-state index contributed by atoms with van der Waals surface area (Å²) in [5.41, 5.74) is 1.79. The molecule has 0 radical (unpaired) electrons. The summed E-state index contributed by atoms with van der Waals surface area (Å²) in [6, 6.07) is 9.30. The van der Waals surface area contributed by atoms with Crippen LogP contribution in [0.5, 0.6) is 0 Å². The molecule has 0 aliphatic rings. The molecule has 16 heavy (non-hydrogen) atoms. The first kappa shape index (κ1) is 10.2. The zero-order valence-corrected chi connectivity index (χ0v) is 8.45. The molecule has 0 bridgehead atoms. The Morgan fingerprint density at radius 2 is 2.06 bits per heavy atom. The van der Waals surface area contributed by atoms with Crippen LogP contribution in [0.2, 0.25) is 0 Å². The highest BCUT2D eigenvalue weighted by Crippen LogP contribution is 2.09. The van der Waals surface area contributed by atoms with Crippen LogP contribution < -0.4 is 0 Å². The molecule has 1 N–H and O–H groups in total. The first-order chi connectivity index (χ1) is 7.75. The van der Waals surface area contributed by atoms with E-state index in [4.69, 9.17) is 5.11 Å². The van der Waals surface area contributed by atoms with Crippen molar-refractivity contribution < 1.29 is 9.90 Å². The molecule has 0 fully saturated rings. The van der Waals surface area contributed by atoms with Gasteiger partial charge in [0.05, 0.1) is 5.69 Å². The van der Waals surface area contributed by atoms with E-state index < -0.39 is 5.97 Å². The molecule has 1 heterocycles. The monoisotopic (exact) mass is 214 g/mol. The van der Waals surface area contributed by atoms with E-state index in [9.17, 15) is 4.79 Å². The average molecular weight is 214 g/mol. The highest BCUT2D eigenvalue weighted by atomic mass is 16.4. The summed E-state index contributed by atoms with van der Waals surface area (Å²) < 4.78 is 1.74. The minimum atomic E-state index is -0.948.